The van der Waals surface area contributed by atoms with E-state index in [1.54, 1.807) is 18.2 Å². The van der Waals surface area contributed by atoms with Crippen LogP contribution in [0.1, 0.15) is 18.6 Å². The Morgan fingerprint density at radius 1 is 1.21 bits per heavy atom. The zero-order valence-electron chi connectivity index (χ0n) is 10.3. The SMILES string of the molecule is Cl.Nc1c(C2=CC=CCC2)oc2ccccc2c1=O. The molecule has 0 saturated carbocycles. The molecule has 0 bridgehead atoms. The van der Waals surface area contributed by atoms with Crippen LogP contribution in [0.3, 0.4) is 0 Å². The van der Waals surface area contributed by atoms with E-state index >= 15 is 0 Å². The van der Waals surface area contributed by atoms with Crippen LogP contribution in [0.5, 0.6) is 0 Å². The first-order chi connectivity index (χ1) is 8.77. The first-order valence-corrected chi connectivity index (χ1v) is 5.95. The van der Waals surface area contributed by atoms with Crippen molar-refractivity contribution >= 4 is 34.6 Å². The predicted octanol–water partition coefficient (Wildman–Crippen LogP) is 3.53. The smallest absolute Gasteiger partial charge is 0.216 e. The summed E-state index contributed by atoms with van der Waals surface area (Å²) >= 11 is 0. The van der Waals surface area contributed by atoms with E-state index in [1.165, 1.54) is 0 Å². The molecule has 1 aromatic heterocycles. The van der Waals surface area contributed by atoms with Crippen molar-refractivity contribution in [2.24, 2.45) is 0 Å². The summed E-state index contributed by atoms with van der Waals surface area (Å²) in [6, 6.07) is 7.18. The fourth-order valence-electron chi connectivity index (χ4n) is 2.19. The fourth-order valence-corrected chi connectivity index (χ4v) is 2.19. The number of hydrogen-bond donors (Lipinski definition) is 1. The lowest BCUT2D eigenvalue weighted by atomic mass is 10.0. The van der Waals surface area contributed by atoms with Crippen LogP contribution >= 0.6 is 12.4 Å². The van der Waals surface area contributed by atoms with Crippen LogP contribution in [-0.2, 0) is 0 Å². The number of halogens is 1. The van der Waals surface area contributed by atoms with Crippen LogP contribution in [0.4, 0.5) is 5.69 Å². The molecular formula is C15H14ClNO2. The highest BCUT2D eigenvalue weighted by molar-refractivity contribution is 5.85. The van der Waals surface area contributed by atoms with Gasteiger partial charge in [0.25, 0.3) is 0 Å². The molecule has 0 amide bonds. The van der Waals surface area contributed by atoms with Gasteiger partial charge in [0.1, 0.15) is 11.3 Å². The summed E-state index contributed by atoms with van der Waals surface area (Å²) in [5.41, 5.74) is 7.53. The van der Waals surface area contributed by atoms with Gasteiger partial charge in [-0.25, -0.2) is 0 Å². The van der Waals surface area contributed by atoms with Gasteiger partial charge in [-0.05, 0) is 30.5 Å². The largest absolute Gasteiger partial charge is 0.454 e. The Hall–Kier alpha value is -2.00. The highest BCUT2D eigenvalue weighted by Crippen LogP contribution is 2.28. The topological polar surface area (TPSA) is 56.2 Å². The Kier molecular flexibility index (Phi) is 3.76. The quantitative estimate of drug-likeness (QED) is 0.866. The van der Waals surface area contributed by atoms with Crippen molar-refractivity contribution in [3.05, 3.63) is 58.5 Å². The minimum absolute atomic E-state index is 0. The average molecular weight is 276 g/mol. The highest BCUT2D eigenvalue weighted by atomic mass is 35.5. The van der Waals surface area contributed by atoms with Crippen molar-refractivity contribution in [1.29, 1.82) is 0 Å². The van der Waals surface area contributed by atoms with E-state index in [0.717, 1.165) is 18.4 Å². The minimum Gasteiger partial charge on any atom is -0.454 e. The van der Waals surface area contributed by atoms with Crippen molar-refractivity contribution in [3.8, 4) is 0 Å². The Morgan fingerprint density at radius 2 is 2.00 bits per heavy atom. The summed E-state index contributed by atoms with van der Waals surface area (Å²) in [5.74, 6) is 0.517. The molecule has 3 nitrogen and oxygen atoms in total. The van der Waals surface area contributed by atoms with Crippen LogP contribution in [-0.4, -0.2) is 0 Å². The average Bonchev–Trinajstić information content (AvgIpc) is 2.44. The molecule has 0 spiro atoms. The molecule has 0 unspecified atom stereocenters. The van der Waals surface area contributed by atoms with Crippen LogP contribution in [0.2, 0.25) is 0 Å². The second-order valence-corrected chi connectivity index (χ2v) is 4.33. The van der Waals surface area contributed by atoms with Crippen molar-refractivity contribution in [2.75, 3.05) is 5.73 Å². The number of nitrogens with two attached hydrogens (primary N) is 1. The third kappa shape index (κ3) is 2.29. The molecule has 1 aliphatic carbocycles. The molecule has 0 saturated heterocycles. The molecule has 98 valence electrons. The molecule has 19 heavy (non-hydrogen) atoms. The van der Waals surface area contributed by atoms with Gasteiger partial charge in [-0.15, -0.1) is 12.4 Å². The van der Waals surface area contributed by atoms with Crippen molar-refractivity contribution < 1.29 is 4.42 Å². The van der Waals surface area contributed by atoms with Gasteiger partial charge in [-0.3, -0.25) is 4.79 Å². The van der Waals surface area contributed by atoms with Crippen molar-refractivity contribution in [3.63, 3.8) is 0 Å². The minimum atomic E-state index is -0.151. The van der Waals surface area contributed by atoms with Gasteiger partial charge in [0, 0.05) is 0 Å². The van der Waals surface area contributed by atoms with Gasteiger partial charge in [0.2, 0.25) is 5.43 Å². The number of para-hydroxylation sites is 1. The second kappa shape index (κ2) is 5.33. The lowest BCUT2D eigenvalue weighted by molar-refractivity contribution is 0.585. The molecular weight excluding hydrogens is 262 g/mol. The van der Waals surface area contributed by atoms with Gasteiger partial charge >= 0.3 is 0 Å². The summed E-state index contributed by atoms with van der Waals surface area (Å²) in [4.78, 5) is 12.2. The van der Waals surface area contributed by atoms with Crippen molar-refractivity contribution in [1.82, 2.24) is 0 Å². The summed E-state index contributed by atoms with van der Waals surface area (Å²) in [6.45, 7) is 0. The van der Waals surface area contributed by atoms with E-state index in [1.807, 2.05) is 18.2 Å². The van der Waals surface area contributed by atoms with Gasteiger partial charge in [0.05, 0.1) is 5.39 Å². The number of rotatable bonds is 1. The normalized spacial score (nSPS) is 14.0. The summed E-state index contributed by atoms with van der Waals surface area (Å²) in [5, 5.41) is 0.533. The lowest BCUT2D eigenvalue weighted by Gasteiger charge is -2.11. The molecule has 0 atom stereocenters. The zero-order chi connectivity index (χ0) is 12.5. The molecule has 1 aliphatic rings. The van der Waals surface area contributed by atoms with Crippen LogP contribution < -0.4 is 11.2 Å². The summed E-state index contributed by atoms with van der Waals surface area (Å²) in [7, 11) is 0. The molecule has 3 rings (SSSR count). The van der Waals surface area contributed by atoms with Crippen molar-refractivity contribution in [2.45, 2.75) is 12.8 Å². The molecule has 4 heteroatoms. The zero-order valence-corrected chi connectivity index (χ0v) is 11.1. The fraction of sp³-hybridized carbons (Fsp3) is 0.133. The molecule has 0 aliphatic heterocycles. The third-order valence-electron chi connectivity index (χ3n) is 3.14. The molecule has 2 N–H and O–H groups in total. The highest BCUT2D eigenvalue weighted by Gasteiger charge is 2.15. The van der Waals surface area contributed by atoms with E-state index in [9.17, 15) is 4.79 Å². The van der Waals surface area contributed by atoms with Gasteiger partial charge in [-0.1, -0.05) is 30.4 Å². The first-order valence-electron chi connectivity index (χ1n) is 5.95. The summed E-state index contributed by atoms with van der Waals surface area (Å²) < 4.78 is 5.79. The van der Waals surface area contributed by atoms with Crippen LogP contribution in [0, 0.1) is 0 Å². The van der Waals surface area contributed by atoms with Crippen LogP contribution in [0.25, 0.3) is 16.5 Å². The van der Waals surface area contributed by atoms with E-state index in [0.29, 0.717) is 16.7 Å². The number of allylic oxidation sites excluding steroid dienone is 4. The standard InChI is InChI=1S/C15H13NO2.ClH/c16-13-14(17)11-8-4-5-9-12(11)18-15(13)10-6-2-1-3-7-10;/h1-2,4-6,8-9H,3,7,16H2;1H. The van der Waals surface area contributed by atoms with Gasteiger partial charge in [0.15, 0.2) is 5.76 Å². The maximum absolute atomic E-state index is 12.2. The summed E-state index contributed by atoms with van der Waals surface area (Å²) in [6.07, 6.45) is 7.79. The molecule has 0 radical (unpaired) electrons. The molecule has 2 aromatic rings. The monoisotopic (exact) mass is 275 g/mol. The van der Waals surface area contributed by atoms with Gasteiger partial charge in [-0.2, -0.15) is 0 Å². The van der Waals surface area contributed by atoms with E-state index in [4.69, 9.17) is 10.2 Å². The Labute approximate surface area is 116 Å². The van der Waals surface area contributed by atoms with Crippen LogP contribution in [0.15, 0.2) is 51.7 Å². The lowest BCUT2D eigenvalue weighted by Crippen LogP contribution is -2.11. The Bertz CT molecular complexity index is 728. The maximum Gasteiger partial charge on any atom is 0.216 e. The molecule has 1 aromatic carbocycles. The Morgan fingerprint density at radius 3 is 2.74 bits per heavy atom. The maximum atomic E-state index is 12.2. The first kappa shape index (κ1) is 13.4. The number of fused-ring (bicyclic) bond motifs is 1. The second-order valence-electron chi connectivity index (χ2n) is 4.33. The van der Waals surface area contributed by atoms with Gasteiger partial charge < -0.3 is 10.2 Å². The van der Waals surface area contributed by atoms with E-state index in [-0.39, 0.29) is 23.5 Å². The number of hydrogen-bond acceptors (Lipinski definition) is 3. The number of anilines is 1. The predicted molar refractivity (Wildman–Crippen MR) is 80.5 cm³/mol. The molecule has 0 fully saturated rings. The number of benzene rings is 1. The molecule has 1 heterocycles. The number of nitrogen functional groups attached to an aromatic ring is 1. The van der Waals surface area contributed by atoms with E-state index in [2.05, 4.69) is 6.08 Å². The Balaban J connectivity index is 0.00000133. The third-order valence-corrected chi connectivity index (χ3v) is 3.14. The van der Waals surface area contributed by atoms with E-state index < -0.39 is 0 Å².